The van der Waals surface area contributed by atoms with Gasteiger partial charge < -0.3 is 14.5 Å². The third-order valence-corrected chi connectivity index (χ3v) is 2.67. The number of nitro benzene ring substituents is 1. The van der Waals surface area contributed by atoms with Gasteiger partial charge in [-0.05, 0) is 18.2 Å². The van der Waals surface area contributed by atoms with Crippen molar-refractivity contribution in [3.05, 3.63) is 64.1 Å². The number of rotatable bonds is 6. The van der Waals surface area contributed by atoms with E-state index in [-0.39, 0.29) is 17.8 Å². The number of ether oxygens (including phenoxy) is 1. The summed E-state index contributed by atoms with van der Waals surface area (Å²) in [6.07, 6.45) is 1.48. The van der Waals surface area contributed by atoms with Gasteiger partial charge in [-0.25, -0.2) is 4.79 Å². The standard InChI is InChI=1S/C14H12N2O6/c17-13(15-8-12-5-2-6-21-12)9-22-14(18)10-3-1-4-11(7-10)16(19)20/h1-7H,8-9H2,(H,15,17). The Morgan fingerprint density at radius 2 is 2.09 bits per heavy atom. The number of nitrogens with zero attached hydrogens (tertiary/aromatic N) is 1. The summed E-state index contributed by atoms with van der Waals surface area (Å²) in [5.41, 5.74) is -0.218. The van der Waals surface area contributed by atoms with Crippen molar-refractivity contribution < 1.29 is 23.7 Å². The molecule has 2 rings (SSSR count). The molecule has 1 aromatic heterocycles. The third-order valence-electron chi connectivity index (χ3n) is 2.67. The fraction of sp³-hybridized carbons (Fsp3) is 0.143. The van der Waals surface area contributed by atoms with E-state index in [0.29, 0.717) is 5.76 Å². The number of carbonyl (C=O) groups is 2. The summed E-state index contributed by atoms with van der Waals surface area (Å²) in [6, 6.07) is 8.46. The van der Waals surface area contributed by atoms with Gasteiger partial charge in [0.1, 0.15) is 5.76 Å². The number of nitrogens with one attached hydrogen (secondary N) is 1. The Bertz CT molecular complexity index is 680. The molecule has 8 heteroatoms. The van der Waals surface area contributed by atoms with Gasteiger partial charge >= 0.3 is 5.97 Å². The molecular weight excluding hydrogens is 292 g/mol. The molecule has 0 aliphatic heterocycles. The van der Waals surface area contributed by atoms with E-state index < -0.39 is 23.4 Å². The molecule has 0 aliphatic carbocycles. The number of non-ortho nitro benzene ring substituents is 1. The van der Waals surface area contributed by atoms with Crippen LogP contribution in [0.2, 0.25) is 0 Å². The van der Waals surface area contributed by atoms with Crippen LogP contribution in [-0.2, 0) is 16.1 Å². The highest BCUT2D eigenvalue weighted by molar-refractivity contribution is 5.91. The molecule has 1 amide bonds. The minimum absolute atomic E-state index is 0.00744. The summed E-state index contributed by atoms with van der Waals surface area (Å²) < 4.78 is 9.82. The predicted molar refractivity (Wildman–Crippen MR) is 73.9 cm³/mol. The summed E-state index contributed by atoms with van der Waals surface area (Å²) >= 11 is 0. The first-order valence-electron chi connectivity index (χ1n) is 6.27. The predicted octanol–water partition coefficient (Wildman–Crippen LogP) is 1.66. The molecule has 8 nitrogen and oxygen atoms in total. The van der Waals surface area contributed by atoms with E-state index in [2.05, 4.69) is 5.32 Å². The van der Waals surface area contributed by atoms with Crippen LogP contribution in [0, 0.1) is 10.1 Å². The Labute approximate surface area is 124 Å². The van der Waals surface area contributed by atoms with E-state index in [4.69, 9.17) is 9.15 Å². The monoisotopic (exact) mass is 304 g/mol. The molecule has 0 radical (unpaired) electrons. The number of benzene rings is 1. The van der Waals surface area contributed by atoms with Gasteiger partial charge in [-0.1, -0.05) is 6.07 Å². The fourth-order valence-electron chi connectivity index (χ4n) is 1.61. The van der Waals surface area contributed by atoms with E-state index in [1.807, 2.05) is 0 Å². The van der Waals surface area contributed by atoms with Crippen LogP contribution in [0.1, 0.15) is 16.1 Å². The van der Waals surface area contributed by atoms with Crippen molar-refractivity contribution in [2.45, 2.75) is 6.54 Å². The van der Waals surface area contributed by atoms with E-state index >= 15 is 0 Å². The van der Waals surface area contributed by atoms with Crippen LogP contribution in [-0.4, -0.2) is 23.4 Å². The summed E-state index contributed by atoms with van der Waals surface area (Å²) in [7, 11) is 0. The van der Waals surface area contributed by atoms with Crippen LogP contribution in [0.5, 0.6) is 0 Å². The fourth-order valence-corrected chi connectivity index (χ4v) is 1.61. The van der Waals surface area contributed by atoms with Crippen LogP contribution in [0.25, 0.3) is 0 Å². The first kappa shape index (κ1) is 15.2. The first-order chi connectivity index (χ1) is 10.6. The molecule has 0 spiro atoms. The van der Waals surface area contributed by atoms with Crippen LogP contribution in [0.15, 0.2) is 47.1 Å². The molecule has 0 fully saturated rings. The van der Waals surface area contributed by atoms with Gasteiger partial charge in [0, 0.05) is 12.1 Å². The van der Waals surface area contributed by atoms with Crippen molar-refractivity contribution >= 4 is 17.6 Å². The summed E-state index contributed by atoms with van der Waals surface area (Å²) in [5, 5.41) is 13.1. The Morgan fingerprint density at radius 3 is 2.77 bits per heavy atom. The van der Waals surface area contributed by atoms with Gasteiger partial charge in [0.25, 0.3) is 11.6 Å². The van der Waals surface area contributed by atoms with E-state index in [1.54, 1.807) is 12.1 Å². The van der Waals surface area contributed by atoms with Gasteiger partial charge in [0.2, 0.25) is 0 Å². The maximum absolute atomic E-state index is 11.7. The first-order valence-corrected chi connectivity index (χ1v) is 6.27. The van der Waals surface area contributed by atoms with Crippen LogP contribution in [0.3, 0.4) is 0 Å². The Kier molecular flexibility index (Phi) is 4.86. The zero-order valence-corrected chi connectivity index (χ0v) is 11.4. The average Bonchev–Trinajstić information content (AvgIpc) is 3.04. The lowest BCUT2D eigenvalue weighted by Gasteiger charge is -2.05. The molecule has 0 saturated heterocycles. The largest absolute Gasteiger partial charge is 0.467 e. The summed E-state index contributed by atoms with van der Waals surface area (Å²) in [6.45, 7) is -0.303. The van der Waals surface area contributed by atoms with Crippen LogP contribution < -0.4 is 5.32 Å². The quantitative estimate of drug-likeness (QED) is 0.493. The third kappa shape index (κ3) is 4.17. The summed E-state index contributed by atoms with van der Waals surface area (Å²) in [4.78, 5) is 33.2. The minimum Gasteiger partial charge on any atom is -0.467 e. The smallest absolute Gasteiger partial charge is 0.338 e. The summed E-state index contributed by atoms with van der Waals surface area (Å²) in [5.74, 6) is -0.745. The molecule has 2 aromatic rings. The maximum Gasteiger partial charge on any atom is 0.338 e. The van der Waals surface area contributed by atoms with Crippen molar-refractivity contribution in [3.63, 3.8) is 0 Å². The molecule has 0 atom stereocenters. The van der Waals surface area contributed by atoms with E-state index in [0.717, 1.165) is 6.07 Å². The molecule has 22 heavy (non-hydrogen) atoms. The SMILES string of the molecule is O=C(COC(=O)c1cccc([N+](=O)[O-])c1)NCc1ccco1. The second-order valence-corrected chi connectivity index (χ2v) is 4.24. The molecule has 0 unspecified atom stereocenters. The zero-order chi connectivity index (χ0) is 15.9. The Hall–Kier alpha value is -3.16. The van der Waals surface area contributed by atoms with Gasteiger partial charge in [-0.3, -0.25) is 14.9 Å². The van der Waals surface area contributed by atoms with Crippen molar-refractivity contribution in [2.24, 2.45) is 0 Å². The average molecular weight is 304 g/mol. The second-order valence-electron chi connectivity index (χ2n) is 4.24. The van der Waals surface area contributed by atoms with Gasteiger partial charge in [-0.2, -0.15) is 0 Å². The molecule has 1 N–H and O–H groups in total. The number of carbonyl (C=O) groups excluding carboxylic acids is 2. The topological polar surface area (TPSA) is 112 Å². The van der Waals surface area contributed by atoms with Crippen LogP contribution in [0.4, 0.5) is 5.69 Å². The highest BCUT2D eigenvalue weighted by Crippen LogP contribution is 2.13. The maximum atomic E-state index is 11.7. The molecule has 114 valence electrons. The Morgan fingerprint density at radius 1 is 1.27 bits per heavy atom. The van der Waals surface area contributed by atoms with E-state index in [1.165, 1.54) is 24.5 Å². The highest BCUT2D eigenvalue weighted by atomic mass is 16.6. The zero-order valence-electron chi connectivity index (χ0n) is 11.4. The highest BCUT2D eigenvalue weighted by Gasteiger charge is 2.14. The van der Waals surface area contributed by atoms with Crippen molar-refractivity contribution in [1.29, 1.82) is 0 Å². The molecule has 1 heterocycles. The lowest BCUT2D eigenvalue weighted by atomic mass is 10.2. The van der Waals surface area contributed by atoms with Gasteiger partial charge in [0.05, 0.1) is 23.3 Å². The number of furan rings is 1. The minimum atomic E-state index is -0.808. The number of nitro groups is 1. The molecular formula is C14H12N2O6. The molecule has 0 bridgehead atoms. The lowest BCUT2D eigenvalue weighted by molar-refractivity contribution is -0.384. The van der Waals surface area contributed by atoms with E-state index in [9.17, 15) is 19.7 Å². The van der Waals surface area contributed by atoms with Gasteiger partial charge in [-0.15, -0.1) is 0 Å². The van der Waals surface area contributed by atoms with Crippen LogP contribution >= 0.6 is 0 Å². The number of amides is 1. The second kappa shape index (κ2) is 7.02. The van der Waals surface area contributed by atoms with Gasteiger partial charge in [0.15, 0.2) is 6.61 Å². The van der Waals surface area contributed by atoms with Crippen molar-refractivity contribution in [3.8, 4) is 0 Å². The molecule has 1 aromatic carbocycles. The van der Waals surface area contributed by atoms with Crippen molar-refractivity contribution in [1.82, 2.24) is 5.32 Å². The molecule has 0 aliphatic rings. The molecule has 0 saturated carbocycles. The number of hydrogen-bond donors (Lipinski definition) is 1. The Balaban J connectivity index is 1.83. The number of esters is 1. The normalized spacial score (nSPS) is 10.0. The van der Waals surface area contributed by atoms with Crippen molar-refractivity contribution in [2.75, 3.05) is 6.61 Å². The lowest BCUT2D eigenvalue weighted by Crippen LogP contribution is -2.28. The number of hydrogen-bond acceptors (Lipinski definition) is 6.